The van der Waals surface area contributed by atoms with Gasteiger partial charge in [-0.15, -0.1) is 0 Å². The first kappa shape index (κ1) is 23.3. The van der Waals surface area contributed by atoms with Gasteiger partial charge in [0.25, 0.3) is 0 Å². The molecule has 1 fully saturated rings. The van der Waals surface area contributed by atoms with E-state index < -0.39 is 0 Å². The number of pyridine rings is 2. The fraction of sp³-hybridized carbons (Fsp3) is 0.222. The molecule has 4 heterocycles. The van der Waals surface area contributed by atoms with Gasteiger partial charge < -0.3 is 19.5 Å². The summed E-state index contributed by atoms with van der Waals surface area (Å²) in [6.07, 6.45) is 5.52. The van der Waals surface area contributed by atoms with Crippen LogP contribution in [-0.2, 0) is 6.54 Å². The third-order valence-corrected chi connectivity index (χ3v) is 7.12. The molecule has 0 aliphatic carbocycles. The minimum absolute atomic E-state index is 0.115. The molecular weight excluding hydrogens is 478 g/mol. The molecule has 0 amide bonds. The number of benzene rings is 1. The molecule has 35 heavy (non-hydrogen) atoms. The van der Waals surface area contributed by atoms with Gasteiger partial charge in [-0.2, -0.15) is 0 Å². The van der Waals surface area contributed by atoms with Gasteiger partial charge in [0.2, 0.25) is 0 Å². The maximum absolute atomic E-state index is 6.52. The van der Waals surface area contributed by atoms with Crippen molar-refractivity contribution in [2.24, 2.45) is 0 Å². The van der Waals surface area contributed by atoms with Gasteiger partial charge >= 0.3 is 0 Å². The van der Waals surface area contributed by atoms with E-state index >= 15 is 0 Å². The predicted molar refractivity (Wildman–Crippen MR) is 143 cm³/mol. The second kappa shape index (κ2) is 9.68. The molecule has 1 aliphatic rings. The number of anilines is 1. The van der Waals surface area contributed by atoms with Crippen LogP contribution in [0.3, 0.4) is 0 Å². The molecule has 6 nitrogen and oxygen atoms in total. The Kier molecular flexibility index (Phi) is 6.45. The Morgan fingerprint density at radius 1 is 1.09 bits per heavy atom. The van der Waals surface area contributed by atoms with E-state index in [-0.39, 0.29) is 12.1 Å². The number of hydrogen-bond donors (Lipinski definition) is 1. The van der Waals surface area contributed by atoms with Crippen LogP contribution in [0.15, 0.2) is 73.2 Å². The highest BCUT2D eigenvalue weighted by molar-refractivity contribution is 7.80. The Bertz CT molecular complexity index is 1360. The first-order valence-corrected chi connectivity index (χ1v) is 12.2. The molecule has 0 bridgehead atoms. The van der Waals surface area contributed by atoms with Crippen LogP contribution in [0.2, 0.25) is 5.02 Å². The second-order valence-electron chi connectivity index (χ2n) is 8.59. The Balaban J connectivity index is 1.62. The molecule has 1 aromatic carbocycles. The van der Waals surface area contributed by atoms with E-state index in [2.05, 4.69) is 50.7 Å². The second-order valence-corrected chi connectivity index (χ2v) is 9.38. The van der Waals surface area contributed by atoms with E-state index in [9.17, 15) is 0 Å². The average Bonchev–Trinajstić information content (AvgIpc) is 3.36. The summed E-state index contributed by atoms with van der Waals surface area (Å²) < 4.78 is 7.69. The van der Waals surface area contributed by atoms with Crippen molar-refractivity contribution in [3.8, 4) is 5.75 Å². The largest absolute Gasteiger partial charge is 0.495 e. The summed E-state index contributed by atoms with van der Waals surface area (Å²) in [5.74, 6) is 0.626. The summed E-state index contributed by atoms with van der Waals surface area (Å²) in [5, 5.41) is 4.69. The van der Waals surface area contributed by atoms with Gasteiger partial charge in [-0.05, 0) is 79.7 Å². The summed E-state index contributed by atoms with van der Waals surface area (Å²) in [4.78, 5) is 11.1. The Morgan fingerprint density at radius 2 is 1.94 bits per heavy atom. The highest BCUT2D eigenvalue weighted by Crippen LogP contribution is 2.44. The van der Waals surface area contributed by atoms with Crippen LogP contribution in [0.4, 0.5) is 5.69 Å². The fourth-order valence-corrected chi connectivity index (χ4v) is 5.40. The van der Waals surface area contributed by atoms with Crippen LogP contribution in [0.5, 0.6) is 5.75 Å². The fourth-order valence-electron chi connectivity index (χ4n) is 4.80. The Labute approximate surface area is 215 Å². The summed E-state index contributed by atoms with van der Waals surface area (Å²) in [6, 6.07) is 17.8. The van der Waals surface area contributed by atoms with Gasteiger partial charge in [0, 0.05) is 42.2 Å². The molecule has 4 aromatic rings. The highest BCUT2D eigenvalue weighted by Gasteiger charge is 2.42. The maximum atomic E-state index is 6.52. The molecule has 0 spiro atoms. The standard InChI is InChI=1S/C27H26ClN5OS/c1-17-13-21(18(2)32(17)16-19-7-6-11-29-15-19)26-25(23-8-4-5-12-30-23)31-27(35)33(26)20-9-10-24(34-3)22(28)14-20/h4-15,25-26H,16H2,1-3H3,(H,31,35). The van der Waals surface area contributed by atoms with E-state index in [1.165, 1.54) is 17.0 Å². The van der Waals surface area contributed by atoms with E-state index in [1.807, 2.05) is 54.9 Å². The van der Waals surface area contributed by atoms with E-state index in [1.54, 1.807) is 13.3 Å². The highest BCUT2D eigenvalue weighted by atomic mass is 35.5. The van der Waals surface area contributed by atoms with E-state index in [4.69, 9.17) is 28.6 Å². The smallest absolute Gasteiger partial charge is 0.174 e. The van der Waals surface area contributed by atoms with Crippen molar-refractivity contribution in [2.75, 3.05) is 12.0 Å². The number of aromatic nitrogens is 3. The SMILES string of the molecule is COc1ccc(N2C(=S)NC(c3ccccn3)C2c2cc(C)n(Cc3cccnc3)c2C)cc1Cl. The van der Waals surface area contributed by atoms with Gasteiger partial charge in [0.1, 0.15) is 5.75 Å². The van der Waals surface area contributed by atoms with Crippen LogP contribution in [0, 0.1) is 13.8 Å². The van der Waals surface area contributed by atoms with Gasteiger partial charge in [-0.1, -0.05) is 23.7 Å². The van der Waals surface area contributed by atoms with Crippen molar-refractivity contribution in [3.05, 3.63) is 106 Å². The van der Waals surface area contributed by atoms with Crippen LogP contribution >= 0.6 is 23.8 Å². The first-order chi connectivity index (χ1) is 17.0. The lowest BCUT2D eigenvalue weighted by Gasteiger charge is -2.28. The van der Waals surface area contributed by atoms with Crippen LogP contribution in [-0.4, -0.2) is 26.8 Å². The molecule has 0 saturated carbocycles. The number of hydrogen-bond acceptors (Lipinski definition) is 4. The average molecular weight is 504 g/mol. The van der Waals surface area contributed by atoms with E-state index in [0.29, 0.717) is 15.9 Å². The zero-order valence-electron chi connectivity index (χ0n) is 19.8. The molecule has 1 saturated heterocycles. The number of halogens is 1. The third kappa shape index (κ3) is 4.37. The summed E-state index contributed by atoms with van der Waals surface area (Å²) in [7, 11) is 1.61. The number of nitrogens with zero attached hydrogens (tertiary/aromatic N) is 4. The van der Waals surface area contributed by atoms with Crippen molar-refractivity contribution >= 4 is 34.6 Å². The lowest BCUT2D eigenvalue weighted by Crippen LogP contribution is -2.29. The molecular formula is C27H26ClN5OS. The zero-order chi connectivity index (χ0) is 24.5. The lowest BCUT2D eigenvalue weighted by atomic mass is 9.96. The van der Waals surface area contributed by atoms with Gasteiger partial charge in [-0.3, -0.25) is 9.97 Å². The Hall–Kier alpha value is -3.42. The molecule has 178 valence electrons. The van der Waals surface area contributed by atoms with Crippen molar-refractivity contribution < 1.29 is 4.74 Å². The van der Waals surface area contributed by atoms with Crippen molar-refractivity contribution in [1.82, 2.24) is 19.9 Å². The minimum Gasteiger partial charge on any atom is -0.495 e. The van der Waals surface area contributed by atoms with Crippen molar-refractivity contribution in [2.45, 2.75) is 32.5 Å². The quantitative estimate of drug-likeness (QED) is 0.336. The first-order valence-electron chi connectivity index (χ1n) is 11.4. The molecule has 5 rings (SSSR count). The number of methoxy groups -OCH3 is 1. The minimum atomic E-state index is -0.128. The van der Waals surface area contributed by atoms with Crippen molar-refractivity contribution in [1.29, 1.82) is 0 Å². The van der Waals surface area contributed by atoms with Gasteiger partial charge in [-0.25, -0.2) is 0 Å². The van der Waals surface area contributed by atoms with Crippen LogP contribution in [0.25, 0.3) is 0 Å². The van der Waals surface area contributed by atoms with Gasteiger partial charge in [0.05, 0.1) is 29.9 Å². The molecule has 3 aromatic heterocycles. The molecule has 2 atom stereocenters. The van der Waals surface area contributed by atoms with Crippen LogP contribution < -0.4 is 15.0 Å². The lowest BCUT2D eigenvalue weighted by molar-refractivity contribution is 0.415. The normalized spacial score (nSPS) is 17.5. The predicted octanol–water partition coefficient (Wildman–Crippen LogP) is 5.78. The number of nitrogens with one attached hydrogen (secondary N) is 1. The molecule has 1 aliphatic heterocycles. The topological polar surface area (TPSA) is 55.2 Å². The maximum Gasteiger partial charge on any atom is 0.174 e. The number of aryl methyl sites for hydroxylation is 1. The number of rotatable bonds is 6. The number of ether oxygens (including phenoxy) is 1. The summed E-state index contributed by atoms with van der Waals surface area (Å²) >= 11 is 12.4. The molecule has 0 radical (unpaired) electrons. The Morgan fingerprint density at radius 3 is 2.63 bits per heavy atom. The van der Waals surface area contributed by atoms with Crippen LogP contribution in [0.1, 0.15) is 40.3 Å². The summed E-state index contributed by atoms with van der Waals surface area (Å²) in [5.41, 5.74) is 6.51. The third-order valence-electron chi connectivity index (χ3n) is 6.51. The van der Waals surface area contributed by atoms with Crippen molar-refractivity contribution in [3.63, 3.8) is 0 Å². The summed E-state index contributed by atoms with van der Waals surface area (Å²) in [6.45, 7) is 5.05. The molecule has 8 heteroatoms. The van der Waals surface area contributed by atoms with Gasteiger partial charge in [0.15, 0.2) is 5.11 Å². The molecule has 1 N–H and O–H groups in total. The monoisotopic (exact) mass is 503 g/mol. The van der Waals surface area contributed by atoms with E-state index in [0.717, 1.165) is 23.5 Å². The zero-order valence-corrected chi connectivity index (χ0v) is 21.3. The molecule has 2 unspecified atom stereocenters. The number of thiocarbonyl (C=S) groups is 1.